The first-order valence-electron chi connectivity index (χ1n) is 10.5. The van der Waals surface area contributed by atoms with Gasteiger partial charge in [-0.15, -0.1) is 0 Å². The Bertz CT molecular complexity index is 903. The van der Waals surface area contributed by atoms with Crippen LogP contribution in [-0.4, -0.2) is 83.9 Å². The largest absolute Gasteiger partial charge is 0.368 e. The standard InChI is InChI=1S/C22H28N6O2/c1-17-5-3-6-19(18(17)2)25-9-11-26(12-10-25)20(29)21(30)27-13-15-28(16-14-27)22-23-7-4-8-24-22/h3-8H,9-16H2,1-2H3. The predicted molar refractivity (Wildman–Crippen MR) is 116 cm³/mol. The molecule has 0 unspecified atom stereocenters. The summed E-state index contributed by atoms with van der Waals surface area (Å²) in [5.41, 5.74) is 3.75. The fourth-order valence-electron chi connectivity index (χ4n) is 4.06. The van der Waals surface area contributed by atoms with Crippen molar-refractivity contribution in [2.45, 2.75) is 13.8 Å². The number of carbonyl (C=O) groups is 2. The SMILES string of the molecule is Cc1cccc(N2CCN(C(=O)C(=O)N3CCN(c4ncccn4)CC3)CC2)c1C. The smallest absolute Gasteiger partial charge is 0.312 e. The molecule has 2 saturated heterocycles. The van der Waals surface area contributed by atoms with Crippen molar-refractivity contribution in [3.8, 4) is 0 Å². The summed E-state index contributed by atoms with van der Waals surface area (Å²) in [5.74, 6) is -0.123. The van der Waals surface area contributed by atoms with Crippen molar-refractivity contribution < 1.29 is 9.59 Å². The Hall–Kier alpha value is -3.16. The molecule has 30 heavy (non-hydrogen) atoms. The number of anilines is 2. The third-order valence-electron chi connectivity index (χ3n) is 6.07. The molecule has 8 heteroatoms. The minimum atomic E-state index is -0.399. The normalized spacial score (nSPS) is 17.3. The summed E-state index contributed by atoms with van der Waals surface area (Å²) in [5, 5.41) is 0. The zero-order chi connectivity index (χ0) is 21.1. The molecule has 0 radical (unpaired) electrons. The van der Waals surface area contributed by atoms with Gasteiger partial charge in [-0.1, -0.05) is 12.1 Å². The fourth-order valence-corrected chi connectivity index (χ4v) is 4.06. The zero-order valence-corrected chi connectivity index (χ0v) is 17.6. The van der Waals surface area contributed by atoms with Gasteiger partial charge in [0.2, 0.25) is 5.95 Å². The van der Waals surface area contributed by atoms with E-state index in [1.54, 1.807) is 28.3 Å². The summed E-state index contributed by atoms with van der Waals surface area (Å²) in [6, 6.07) is 8.09. The van der Waals surface area contributed by atoms with Gasteiger partial charge in [-0.3, -0.25) is 9.59 Å². The first kappa shape index (κ1) is 20.1. The van der Waals surface area contributed by atoms with Crippen LogP contribution in [-0.2, 0) is 9.59 Å². The molecule has 0 saturated carbocycles. The quantitative estimate of drug-likeness (QED) is 0.693. The molecule has 2 aliphatic rings. The number of aryl methyl sites for hydroxylation is 1. The Morgan fingerprint density at radius 2 is 1.27 bits per heavy atom. The monoisotopic (exact) mass is 408 g/mol. The number of hydrogen-bond acceptors (Lipinski definition) is 6. The number of benzene rings is 1. The van der Waals surface area contributed by atoms with E-state index in [2.05, 4.69) is 46.9 Å². The molecule has 1 aromatic heterocycles. The molecule has 2 amide bonds. The summed E-state index contributed by atoms with van der Waals surface area (Å²) in [6.07, 6.45) is 3.42. The van der Waals surface area contributed by atoms with E-state index in [1.807, 2.05) is 4.90 Å². The third-order valence-corrected chi connectivity index (χ3v) is 6.07. The van der Waals surface area contributed by atoms with Gasteiger partial charge in [0.15, 0.2) is 0 Å². The van der Waals surface area contributed by atoms with Gasteiger partial charge in [-0.2, -0.15) is 0 Å². The highest BCUT2D eigenvalue weighted by Gasteiger charge is 2.32. The molecule has 4 rings (SSSR count). The average molecular weight is 409 g/mol. The number of amides is 2. The van der Waals surface area contributed by atoms with Crippen molar-refractivity contribution in [2.75, 3.05) is 62.2 Å². The molecule has 0 atom stereocenters. The second-order valence-electron chi connectivity index (χ2n) is 7.83. The minimum absolute atomic E-state index is 0.389. The molecule has 0 bridgehead atoms. The van der Waals surface area contributed by atoms with E-state index in [4.69, 9.17) is 0 Å². The van der Waals surface area contributed by atoms with E-state index < -0.39 is 5.91 Å². The summed E-state index contributed by atoms with van der Waals surface area (Å²) in [7, 11) is 0. The number of rotatable bonds is 2. The lowest BCUT2D eigenvalue weighted by Crippen LogP contribution is -2.56. The lowest BCUT2D eigenvalue weighted by molar-refractivity contribution is -0.152. The maximum absolute atomic E-state index is 12.8. The van der Waals surface area contributed by atoms with E-state index in [0.29, 0.717) is 45.2 Å². The average Bonchev–Trinajstić information content (AvgIpc) is 2.81. The van der Waals surface area contributed by atoms with E-state index >= 15 is 0 Å². The zero-order valence-electron chi connectivity index (χ0n) is 17.6. The molecule has 0 spiro atoms. The van der Waals surface area contributed by atoms with E-state index in [0.717, 1.165) is 13.1 Å². The predicted octanol–water partition coefficient (Wildman–Crippen LogP) is 1.09. The van der Waals surface area contributed by atoms with Gasteiger partial charge in [0.05, 0.1) is 0 Å². The third kappa shape index (κ3) is 4.08. The van der Waals surface area contributed by atoms with Gasteiger partial charge in [0, 0.05) is 70.4 Å². The van der Waals surface area contributed by atoms with Gasteiger partial charge < -0.3 is 19.6 Å². The van der Waals surface area contributed by atoms with E-state index in [9.17, 15) is 9.59 Å². The number of hydrogen-bond donors (Lipinski definition) is 0. The Morgan fingerprint density at radius 3 is 1.83 bits per heavy atom. The van der Waals surface area contributed by atoms with Crippen molar-refractivity contribution in [2.24, 2.45) is 0 Å². The van der Waals surface area contributed by atoms with E-state index in [1.165, 1.54) is 16.8 Å². The van der Waals surface area contributed by atoms with Gasteiger partial charge in [-0.25, -0.2) is 9.97 Å². The van der Waals surface area contributed by atoms with Crippen LogP contribution < -0.4 is 9.80 Å². The molecule has 1 aromatic carbocycles. The highest BCUT2D eigenvalue weighted by Crippen LogP contribution is 2.24. The molecular weight excluding hydrogens is 380 g/mol. The first-order valence-corrected chi connectivity index (χ1v) is 10.5. The van der Waals surface area contributed by atoms with Gasteiger partial charge in [0.1, 0.15) is 0 Å². The Balaban J connectivity index is 1.30. The lowest BCUT2D eigenvalue weighted by Gasteiger charge is -2.38. The Kier molecular flexibility index (Phi) is 5.83. The Morgan fingerprint density at radius 1 is 0.733 bits per heavy atom. The maximum Gasteiger partial charge on any atom is 0.312 e. The number of aromatic nitrogens is 2. The van der Waals surface area contributed by atoms with Gasteiger partial charge >= 0.3 is 11.8 Å². The van der Waals surface area contributed by atoms with Crippen LogP contribution in [0.4, 0.5) is 11.6 Å². The molecule has 158 valence electrons. The van der Waals surface area contributed by atoms with Crippen LogP contribution in [0.3, 0.4) is 0 Å². The second-order valence-corrected chi connectivity index (χ2v) is 7.83. The van der Waals surface area contributed by atoms with Crippen molar-refractivity contribution in [1.82, 2.24) is 19.8 Å². The van der Waals surface area contributed by atoms with Crippen molar-refractivity contribution in [1.29, 1.82) is 0 Å². The first-order chi connectivity index (χ1) is 14.5. The fraction of sp³-hybridized carbons (Fsp3) is 0.455. The summed E-state index contributed by atoms with van der Waals surface area (Å²) in [4.78, 5) is 41.7. The van der Waals surface area contributed by atoms with Crippen LogP contribution in [0.15, 0.2) is 36.7 Å². The Labute approximate surface area is 177 Å². The molecule has 3 heterocycles. The molecule has 8 nitrogen and oxygen atoms in total. The van der Waals surface area contributed by atoms with Crippen molar-refractivity contribution in [3.63, 3.8) is 0 Å². The molecule has 2 aliphatic heterocycles. The van der Waals surface area contributed by atoms with Crippen LogP contribution in [0.1, 0.15) is 11.1 Å². The topological polar surface area (TPSA) is 72.9 Å². The number of nitrogens with zero attached hydrogens (tertiary/aromatic N) is 6. The van der Waals surface area contributed by atoms with Crippen molar-refractivity contribution in [3.05, 3.63) is 47.8 Å². The number of carbonyl (C=O) groups excluding carboxylic acids is 2. The van der Waals surface area contributed by atoms with Crippen LogP contribution in [0, 0.1) is 13.8 Å². The minimum Gasteiger partial charge on any atom is -0.368 e. The highest BCUT2D eigenvalue weighted by molar-refractivity contribution is 6.35. The van der Waals surface area contributed by atoms with Crippen molar-refractivity contribution >= 4 is 23.5 Å². The van der Waals surface area contributed by atoms with Crippen LogP contribution in [0.2, 0.25) is 0 Å². The lowest BCUT2D eigenvalue weighted by atomic mass is 10.1. The van der Waals surface area contributed by atoms with Crippen LogP contribution in [0.25, 0.3) is 0 Å². The number of piperazine rings is 2. The molecule has 2 aromatic rings. The van der Waals surface area contributed by atoms with E-state index in [-0.39, 0.29) is 5.91 Å². The molecule has 0 aliphatic carbocycles. The second kappa shape index (κ2) is 8.69. The highest BCUT2D eigenvalue weighted by atomic mass is 16.2. The van der Waals surface area contributed by atoms with Crippen LogP contribution >= 0.6 is 0 Å². The van der Waals surface area contributed by atoms with Gasteiger partial charge in [0.25, 0.3) is 0 Å². The van der Waals surface area contributed by atoms with Gasteiger partial charge in [-0.05, 0) is 37.1 Å². The van der Waals surface area contributed by atoms with Crippen LogP contribution in [0.5, 0.6) is 0 Å². The molecule has 2 fully saturated rings. The maximum atomic E-state index is 12.8. The summed E-state index contributed by atoms with van der Waals surface area (Å²) >= 11 is 0. The summed E-state index contributed by atoms with van der Waals surface area (Å²) in [6.45, 7) is 9.12. The summed E-state index contributed by atoms with van der Waals surface area (Å²) < 4.78 is 0. The molecular formula is C22H28N6O2. The molecule has 0 N–H and O–H groups in total.